The third-order valence-electron chi connectivity index (χ3n) is 2.78. The number of carboxylic acids is 1. The molecule has 0 aliphatic carbocycles. The van der Waals surface area contributed by atoms with Gasteiger partial charge in [-0.25, -0.2) is 4.79 Å². The van der Waals surface area contributed by atoms with E-state index in [-0.39, 0.29) is 27.8 Å². The molecule has 0 bridgehead atoms. The van der Waals surface area contributed by atoms with Gasteiger partial charge >= 0.3 is 11.7 Å². The molecule has 0 saturated carbocycles. The minimum Gasteiger partial charge on any atom is -0.478 e. The predicted molar refractivity (Wildman–Crippen MR) is 76.3 cm³/mol. The summed E-state index contributed by atoms with van der Waals surface area (Å²) in [7, 11) is 0. The Kier molecular flexibility index (Phi) is 4.09. The number of nitrogens with zero attached hydrogens (tertiary/aromatic N) is 1. The van der Waals surface area contributed by atoms with Gasteiger partial charge in [-0.2, -0.15) is 0 Å². The normalized spacial score (nSPS) is 10.2. The molecule has 0 radical (unpaired) electrons. The molecule has 21 heavy (non-hydrogen) atoms. The summed E-state index contributed by atoms with van der Waals surface area (Å²) in [5.74, 6) is -0.926. The smallest absolute Gasteiger partial charge is 0.335 e. The van der Waals surface area contributed by atoms with Crippen molar-refractivity contribution < 1.29 is 19.6 Å². The molecule has 108 valence electrons. The highest BCUT2D eigenvalue weighted by Gasteiger charge is 2.19. The zero-order valence-corrected chi connectivity index (χ0v) is 11.6. The number of rotatable bonds is 4. The van der Waals surface area contributed by atoms with Gasteiger partial charge in [-0.3, -0.25) is 10.1 Å². The van der Waals surface area contributed by atoms with E-state index in [0.717, 1.165) is 0 Å². The van der Waals surface area contributed by atoms with Crippen LogP contribution in [0.15, 0.2) is 36.4 Å². The average Bonchev–Trinajstić information content (AvgIpc) is 2.40. The van der Waals surface area contributed by atoms with Crippen molar-refractivity contribution in [1.29, 1.82) is 0 Å². The van der Waals surface area contributed by atoms with Gasteiger partial charge in [0, 0.05) is 5.56 Å². The van der Waals surface area contributed by atoms with Gasteiger partial charge in [0.15, 0.2) is 0 Å². The maximum atomic E-state index is 11.1. The third-order valence-corrected chi connectivity index (χ3v) is 3.08. The van der Waals surface area contributed by atoms with E-state index in [1.165, 1.54) is 24.3 Å². The van der Waals surface area contributed by atoms with Gasteiger partial charge in [-0.15, -0.1) is 0 Å². The molecule has 0 aliphatic heterocycles. The summed E-state index contributed by atoms with van der Waals surface area (Å²) in [5.41, 5.74) is 0.303. The van der Waals surface area contributed by atoms with E-state index in [9.17, 15) is 14.9 Å². The minimum absolute atomic E-state index is 0.00564. The van der Waals surface area contributed by atoms with Crippen LogP contribution in [0.4, 0.5) is 5.69 Å². The van der Waals surface area contributed by atoms with Crippen molar-refractivity contribution in [3.05, 3.63) is 62.7 Å². The fourth-order valence-corrected chi connectivity index (χ4v) is 2.00. The molecule has 0 atom stereocenters. The second-order valence-electron chi connectivity index (χ2n) is 4.23. The number of para-hydroxylation sites is 1. The fourth-order valence-electron chi connectivity index (χ4n) is 1.78. The Labute approximate surface area is 124 Å². The van der Waals surface area contributed by atoms with E-state index >= 15 is 0 Å². The van der Waals surface area contributed by atoms with Crippen molar-refractivity contribution in [1.82, 2.24) is 0 Å². The van der Waals surface area contributed by atoms with Crippen LogP contribution < -0.4 is 4.74 Å². The lowest BCUT2D eigenvalue weighted by molar-refractivity contribution is -0.386. The second kappa shape index (κ2) is 5.80. The molecule has 2 aromatic carbocycles. The van der Waals surface area contributed by atoms with E-state index in [0.29, 0.717) is 5.56 Å². The third kappa shape index (κ3) is 3.11. The highest BCUT2D eigenvalue weighted by Crippen LogP contribution is 2.36. The van der Waals surface area contributed by atoms with Gasteiger partial charge in [0.2, 0.25) is 5.75 Å². The molecule has 0 unspecified atom stereocenters. The molecule has 7 heteroatoms. The quantitative estimate of drug-likeness (QED) is 0.680. The topological polar surface area (TPSA) is 89.7 Å². The standard InChI is InChI=1S/C14H10ClNO5/c1-8-3-2-4-12(13(8)16(19)20)21-11-6-5-9(14(17)18)7-10(11)15/h2-7H,1H3,(H,17,18). The molecular formula is C14H10ClNO5. The van der Waals surface area contributed by atoms with Crippen LogP contribution in [0.3, 0.4) is 0 Å². The molecule has 1 N–H and O–H groups in total. The molecule has 0 amide bonds. The molecule has 0 aliphatic rings. The van der Waals surface area contributed by atoms with Crippen molar-refractivity contribution in [3.8, 4) is 11.5 Å². The molecule has 0 fully saturated rings. The number of nitro groups is 1. The van der Waals surface area contributed by atoms with Gasteiger partial charge in [-0.05, 0) is 31.2 Å². The SMILES string of the molecule is Cc1cccc(Oc2ccc(C(=O)O)cc2Cl)c1[N+](=O)[O-]. The zero-order valence-electron chi connectivity index (χ0n) is 10.9. The first-order chi connectivity index (χ1) is 9.90. The van der Waals surface area contributed by atoms with Crippen LogP contribution in [0.1, 0.15) is 15.9 Å². The van der Waals surface area contributed by atoms with Crippen LogP contribution in [0.5, 0.6) is 11.5 Å². The molecular weight excluding hydrogens is 298 g/mol. The fraction of sp³-hybridized carbons (Fsp3) is 0.0714. The lowest BCUT2D eigenvalue weighted by atomic mass is 10.2. The molecule has 0 heterocycles. The van der Waals surface area contributed by atoms with Crippen molar-refractivity contribution in [2.45, 2.75) is 6.92 Å². The predicted octanol–water partition coefficient (Wildman–Crippen LogP) is 4.05. The van der Waals surface area contributed by atoms with Gasteiger partial charge in [0.05, 0.1) is 15.5 Å². The summed E-state index contributed by atoms with van der Waals surface area (Å²) in [6.45, 7) is 1.60. The first-order valence-electron chi connectivity index (χ1n) is 5.85. The Morgan fingerprint density at radius 3 is 2.57 bits per heavy atom. The Hall–Kier alpha value is -2.60. The summed E-state index contributed by atoms with van der Waals surface area (Å²) < 4.78 is 5.45. The molecule has 2 aromatic rings. The summed E-state index contributed by atoms with van der Waals surface area (Å²) in [6, 6.07) is 8.56. The maximum Gasteiger partial charge on any atom is 0.335 e. The second-order valence-corrected chi connectivity index (χ2v) is 4.64. The Bertz CT molecular complexity index is 729. The summed E-state index contributed by atoms with van der Waals surface area (Å²) in [6.07, 6.45) is 0. The summed E-state index contributed by atoms with van der Waals surface area (Å²) in [5, 5.41) is 20.0. The zero-order chi connectivity index (χ0) is 15.6. The Morgan fingerprint density at radius 1 is 1.29 bits per heavy atom. The van der Waals surface area contributed by atoms with E-state index in [1.54, 1.807) is 19.1 Å². The monoisotopic (exact) mass is 307 g/mol. The number of hydrogen-bond donors (Lipinski definition) is 1. The van der Waals surface area contributed by atoms with Crippen LogP contribution in [0, 0.1) is 17.0 Å². The lowest BCUT2D eigenvalue weighted by Gasteiger charge is -2.09. The van der Waals surface area contributed by atoms with Gasteiger partial charge < -0.3 is 9.84 Å². The number of ether oxygens (including phenoxy) is 1. The van der Waals surface area contributed by atoms with Crippen molar-refractivity contribution in [2.75, 3.05) is 0 Å². The summed E-state index contributed by atoms with van der Waals surface area (Å²) >= 11 is 5.94. The van der Waals surface area contributed by atoms with Gasteiger partial charge in [-0.1, -0.05) is 23.7 Å². The molecule has 6 nitrogen and oxygen atoms in total. The van der Waals surface area contributed by atoms with Crippen LogP contribution in [0.2, 0.25) is 5.02 Å². The minimum atomic E-state index is -1.12. The number of halogens is 1. The lowest BCUT2D eigenvalue weighted by Crippen LogP contribution is -1.98. The van der Waals surface area contributed by atoms with Crippen LogP contribution >= 0.6 is 11.6 Å². The molecule has 2 rings (SSSR count). The molecule has 0 aromatic heterocycles. The van der Waals surface area contributed by atoms with E-state index in [1.807, 2.05) is 0 Å². The Morgan fingerprint density at radius 2 is 2.00 bits per heavy atom. The molecule has 0 saturated heterocycles. The van der Waals surface area contributed by atoms with Crippen LogP contribution in [0.25, 0.3) is 0 Å². The van der Waals surface area contributed by atoms with E-state index in [2.05, 4.69) is 0 Å². The van der Waals surface area contributed by atoms with E-state index in [4.69, 9.17) is 21.4 Å². The largest absolute Gasteiger partial charge is 0.478 e. The van der Waals surface area contributed by atoms with Crippen molar-refractivity contribution >= 4 is 23.3 Å². The number of hydrogen-bond acceptors (Lipinski definition) is 4. The van der Waals surface area contributed by atoms with Gasteiger partial charge in [0.1, 0.15) is 5.75 Å². The highest BCUT2D eigenvalue weighted by atomic mass is 35.5. The maximum absolute atomic E-state index is 11.1. The van der Waals surface area contributed by atoms with Gasteiger partial charge in [0.25, 0.3) is 0 Å². The molecule has 0 spiro atoms. The number of nitro benzene ring substituents is 1. The number of benzene rings is 2. The average molecular weight is 308 g/mol. The number of aryl methyl sites for hydroxylation is 1. The number of aromatic carboxylic acids is 1. The first kappa shape index (κ1) is 14.8. The van der Waals surface area contributed by atoms with E-state index < -0.39 is 10.9 Å². The van der Waals surface area contributed by atoms with Crippen LogP contribution in [-0.4, -0.2) is 16.0 Å². The Balaban J connectivity index is 2.42. The highest BCUT2D eigenvalue weighted by molar-refractivity contribution is 6.32. The van der Waals surface area contributed by atoms with Crippen LogP contribution in [-0.2, 0) is 0 Å². The van der Waals surface area contributed by atoms with Crippen molar-refractivity contribution in [3.63, 3.8) is 0 Å². The summed E-state index contributed by atoms with van der Waals surface area (Å²) in [4.78, 5) is 21.4. The number of carboxylic acid groups (broad SMARTS) is 1. The first-order valence-corrected chi connectivity index (χ1v) is 6.22. The number of carbonyl (C=O) groups is 1. The van der Waals surface area contributed by atoms with Crippen molar-refractivity contribution in [2.24, 2.45) is 0 Å².